The highest BCUT2D eigenvalue weighted by Gasteiger charge is 2.31. The zero-order valence-electron chi connectivity index (χ0n) is 17.6. The van der Waals surface area contributed by atoms with Gasteiger partial charge in [0.15, 0.2) is 12.0 Å². The average Bonchev–Trinajstić information content (AvgIpc) is 2.80. The Hall–Kier alpha value is -1.32. The zero-order chi connectivity index (χ0) is 21.6. The molecule has 2 nitrogen and oxygen atoms in total. The number of carbonyl (C=O) groups is 1. The number of phenolic OH excluding ortho intramolecular Hbond substituents is 1. The topological polar surface area (TPSA) is 37.3 Å². The number of rotatable bonds is 4. The van der Waals surface area contributed by atoms with Crippen molar-refractivity contribution in [3.05, 3.63) is 50.0 Å². The van der Waals surface area contributed by atoms with Crippen LogP contribution in [0.4, 0.5) is 4.39 Å². The second-order valence-corrected chi connectivity index (χ2v) is 10.4. The molecular formula is C23H29Cl2FO2. The molecule has 0 heterocycles. The van der Waals surface area contributed by atoms with Crippen LogP contribution in [-0.4, -0.2) is 17.1 Å². The molecule has 0 spiro atoms. The van der Waals surface area contributed by atoms with Crippen molar-refractivity contribution in [1.29, 1.82) is 0 Å². The highest BCUT2D eigenvalue weighted by Crippen LogP contribution is 2.41. The summed E-state index contributed by atoms with van der Waals surface area (Å²) in [6.07, 6.45) is -1.51. The minimum absolute atomic E-state index is 0.0738. The average molecular weight is 427 g/mol. The predicted octanol–water partition coefficient (Wildman–Crippen LogP) is 6.85. The number of ketones is 1. The van der Waals surface area contributed by atoms with Gasteiger partial charge in [0.25, 0.3) is 0 Å². The first-order valence-corrected chi connectivity index (χ1v) is 10.2. The lowest BCUT2D eigenvalue weighted by atomic mass is 9.78. The van der Waals surface area contributed by atoms with E-state index in [9.17, 15) is 14.3 Å². The first-order chi connectivity index (χ1) is 12.6. The van der Waals surface area contributed by atoms with E-state index in [0.717, 1.165) is 16.7 Å². The van der Waals surface area contributed by atoms with E-state index in [4.69, 9.17) is 23.2 Å². The molecule has 0 amide bonds. The zero-order valence-corrected chi connectivity index (χ0v) is 19.1. The molecule has 0 aromatic heterocycles. The second kappa shape index (κ2) is 7.84. The highest BCUT2D eigenvalue weighted by molar-refractivity contribution is 6.46. The largest absolute Gasteiger partial charge is 0.507 e. The normalized spacial score (nSPS) is 16.8. The molecule has 1 aliphatic rings. The molecule has 0 fully saturated rings. The second-order valence-electron chi connectivity index (χ2n) is 9.64. The van der Waals surface area contributed by atoms with Crippen LogP contribution < -0.4 is 0 Å². The Labute approximate surface area is 177 Å². The lowest BCUT2D eigenvalue weighted by molar-refractivity contribution is -0.120. The van der Waals surface area contributed by atoms with Crippen LogP contribution >= 0.6 is 23.2 Å². The summed E-state index contributed by atoms with van der Waals surface area (Å²) in [4.78, 5) is 12.6. The Bertz CT molecular complexity index is 833. The van der Waals surface area contributed by atoms with Crippen LogP contribution in [0.2, 0.25) is 0 Å². The minimum atomic E-state index is -1.72. The summed E-state index contributed by atoms with van der Waals surface area (Å²) in [5, 5.41) is 11.3. The molecule has 1 atom stereocenters. The lowest BCUT2D eigenvalue weighted by Crippen LogP contribution is -2.22. The van der Waals surface area contributed by atoms with E-state index < -0.39 is 12.0 Å². The van der Waals surface area contributed by atoms with Crippen molar-refractivity contribution in [2.24, 2.45) is 0 Å². The minimum Gasteiger partial charge on any atom is -0.507 e. The van der Waals surface area contributed by atoms with Crippen molar-refractivity contribution in [1.82, 2.24) is 0 Å². The first kappa shape index (κ1) is 23.0. The van der Waals surface area contributed by atoms with Crippen LogP contribution in [0.1, 0.15) is 71.6 Å². The van der Waals surface area contributed by atoms with E-state index in [1.807, 2.05) is 41.5 Å². The summed E-state index contributed by atoms with van der Waals surface area (Å²) >= 11 is 12.2. The quantitative estimate of drug-likeness (QED) is 0.571. The third kappa shape index (κ3) is 4.63. The number of carbonyl (C=O) groups excluding carboxylic acids is 1. The molecule has 0 radical (unpaired) electrons. The number of Topliss-reactive ketones (excluding diaryl/α,β-unsaturated/α-hetero) is 1. The van der Waals surface area contributed by atoms with Gasteiger partial charge >= 0.3 is 0 Å². The Kier molecular flexibility index (Phi) is 6.43. The van der Waals surface area contributed by atoms with Crippen LogP contribution in [0.25, 0.3) is 0 Å². The number of hydrogen-bond donors (Lipinski definition) is 1. The van der Waals surface area contributed by atoms with Gasteiger partial charge in [-0.05, 0) is 40.0 Å². The molecule has 154 valence electrons. The summed E-state index contributed by atoms with van der Waals surface area (Å²) in [6.45, 7) is 13.8. The van der Waals surface area contributed by atoms with Crippen molar-refractivity contribution in [2.45, 2.75) is 78.3 Å². The fraction of sp³-hybridized carbons (Fsp3) is 0.522. The Balaban J connectivity index is 2.40. The third-order valence-corrected chi connectivity index (χ3v) is 6.08. The molecule has 1 unspecified atom stereocenters. The summed E-state index contributed by atoms with van der Waals surface area (Å²) in [7, 11) is 0. The van der Waals surface area contributed by atoms with Crippen LogP contribution in [0.5, 0.6) is 5.75 Å². The van der Waals surface area contributed by atoms with Crippen LogP contribution in [-0.2, 0) is 22.0 Å². The number of phenols is 1. The Morgan fingerprint density at radius 3 is 1.89 bits per heavy atom. The van der Waals surface area contributed by atoms with Gasteiger partial charge in [0, 0.05) is 18.4 Å². The standard InChI is InChI=1S/C23H29Cl2FO2/c1-12-8-14(19(25)18(12)24)20(27)17(26)11-13-9-15(22(2,3)4)21(28)16(10-13)23(5,6)7/h9-10,17,28H,8,11H2,1-7H3. The van der Waals surface area contributed by atoms with Crippen molar-refractivity contribution in [3.8, 4) is 5.75 Å². The van der Waals surface area contributed by atoms with Crippen molar-refractivity contribution in [2.75, 3.05) is 0 Å². The molecule has 0 saturated heterocycles. The van der Waals surface area contributed by atoms with Gasteiger partial charge in [-0.25, -0.2) is 4.39 Å². The number of aromatic hydroxyl groups is 1. The third-order valence-electron chi connectivity index (χ3n) is 5.06. The SMILES string of the molecule is CC1=C(Cl)C(Cl)=C(C(=O)C(F)Cc2cc(C(C)(C)C)c(O)c(C(C)(C)C)c2)C1. The Morgan fingerprint density at radius 2 is 1.54 bits per heavy atom. The fourth-order valence-corrected chi connectivity index (χ4v) is 3.88. The molecular weight excluding hydrogens is 398 g/mol. The van der Waals surface area contributed by atoms with Crippen molar-refractivity contribution < 1.29 is 14.3 Å². The molecule has 2 rings (SSSR count). The van der Waals surface area contributed by atoms with E-state index >= 15 is 0 Å². The van der Waals surface area contributed by atoms with Gasteiger partial charge in [0.05, 0.1) is 10.1 Å². The van der Waals surface area contributed by atoms with E-state index in [-0.39, 0.29) is 40.0 Å². The molecule has 0 bridgehead atoms. The molecule has 0 aliphatic heterocycles. The molecule has 1 aliphatic carbocycles. The molecule has 0 saturated carbocycles. The number of benzene rings is 1. The van der Waals surface area contributed by atoms with Gasteiger partial charge in [-0.1, -0.05) is 76.9 Å². The van der Waals surface area contributed by atoms with Gasteiger partial charge in [-0.15, -0.1) is 0 Å². The first-order valence-electron chi connectivity index (χ1n) is 9.44. The number of alkyl halides is 1. The number of halogens is 3. The van der Waals surface area contributed by atoms with Gasteiger partial charge < -0.3 is 5.11 Å². The molecule has 5 heteroatoms. The summed E-state index contributed by atoms with van der Waals surface area (Å²) in [5.74, 6) is -0.388. The van der Waals surface area contributed by atoms with Gasteiger partial charge in [0.1, 0.15) is 5.75 Å². The number of allylic oxidation sites excluding steroid dienone is 4. The number of hydrogen-bond acceptors (Lipinski definition) is 2. The van der Waals surface area contributed by atoms with E-state index in [0.29, 0.717) is 10.6 Å². The maximum atomic E-state index is 15.0. The van der Waals surface area contributed by atoms with Crippen LogP contribution in [0.15, 0.2) is 33.3 Å². The highest BCUT2D eigenvalue weighted by atomic mass is 35.5. The molecule has 1 aromatic rings. The molecule has 28 heavy (non-hydrogen) atoms. The van der Waals surface area contributed by atoms with Crippen molar-refractivity contribution >= 4 is 29.0 Å². The smallest absolute Gasteiger partial charge is 0.195 e. The lowest BCUT2D eigenvalue weighted by Gasteiger charge is -2.28. The van der Waals surface area contributed by atoms with Crippen LogP contribution in [0.3, 0.4) is 0 Å². The summed E-state index contributed by atoms with van der Waals surface area (Å²) in [5.41, 5.74) is 2.55. The van der Waals surface area contributed by atoms with Gasteiger partial charge in [-0.3, -0.25) is 4.79 Å². The molecule has 1 aromatic carbocycles. The van der Waals surface area contributed by atoms with Crippen LogP contribution in [0, 0.1) is 0 Å². The monoisotopic (exact) mass is 426 g/mol. The van der Waals surface area contributed by atoms with Gasteiger partial charge in [0.2, 0.25) is 0 Å². The maximum absolute atomic E-state index is 15.0. The predicted molar refractivity (Wildman–Crippen MR) is 115 cm³/mol. The summed E-state index contributed by atoms with van der Waals surface area (Å²) < 4.78 is 15.0. The maximum Gasteiger partial charge on any atom is 0.195 e. The summed E-state index contributed by atoms with van der Waals surface area (Å²) in [6, 6.07) is 3.59. The van der Waals surface area contributed by atoms with E-state index in [1.165, 1.54) is 0 Å². The fourth-order valence-electron chi connectivity index (χ4n) is 3.38. The van der Waals surface area contributed by atoms with Gasteiger partial charge in [-0.2, -0.15) is 0 Å². The van der Waals surface area contributed by atoms with E-state index in [1.54, 1.807) is 19.1 Å². The Morgan fingerprint density at radius 1 is 1.07 bits per heavy atom. The molecule has 1 N–H and O–H groups in total. The van der Waals surface area contributed by atoms with E-state index in [2.05, 4.69) is 0 Å². The van der Waals surface area contributed by atoms with Crippen molar-refractivity contribution in [3.63, 3.8) is 0 Å².